The summed E-state index contributed by atoms with van der Waals surface area (Å²) in [4.78, 5) is 2.51. The second-order valence-electron chi connectivity index (χ2n) is 6.60. The molecule has 3 saturated heterocycles. The van der Waals surface area contributed by atoms with E-state index in [1.54, 1.807) is 18.2 Å². The van der Waals surface area contributed by atoms with Crippen molar-refractivity contribution in [3.8, 4) is 5.75 Å². The summed E-state index contributed by atoms with van der Waals surface area (Å²) >= 11 is 0. The molecule has 0 radical (unpaired) electrons. The zero-order valence-electron chi connectivity index (χ0n) is 13.7. The summed E-state index contributed by atoms with van der Waals surface area (Å²) in [5, 5.41) is 0. The highest BCUT2D eigenvalue weighted by molar-refractivity contribution is 7.90. The number of nitrogens with zero attached hydrogens (tertiary/aromatic N) is 2. The van der Waals surface area contributed by atoms with E-state index in [0.717, 1.165) is 10.2 Å². The molecule has 7 heteroatoms. The first kappa shape index (κ1) is 16.5. The van der Waals surface area contributed by atoms with Crippen molar-refractivity contribution >= 4 is 15.9 Å². The molecule has 3 aliphatic rings. The molecule has 6 nitrogen and oxygen atoms in total. The first-order valence-corrected chi connectivity index (χ1v) is 9.55. The molecule has 128 valence electrons. The fourth-order valence-electron chi connectivity index (χ4n) is 3.34. The summed E-state index contributed by atoms with van der Waals surface area (Å²) in [6.07, 6.45) is 3.85. The second-order valence-corrected chi connectivity index (χ2v) is 8.48. The Hall–Kier alpha value is -1.31. The SMILES string of the molecule is CN(C)S(=O)(=O)Nc1cccc(OCC2CC3CCN2CC3)c1. The molecule has 23 heavy (non-hydrogen) atoms. The predicted molar refractivity (Wildman–Crippen MR) is 90.9 cm³/mol. The Balaban J connectivity index is 1.60. The summed E-state index contributed by atoms with van der Waals surface area (Å²) in [5.74, 6) is 1.55. The van der Waals surface area contributed by atoms with Crippen LogP contribution in [-0.4, -0.2) is 57.5 Å². The van der Waals surface area contributed by atoms with Crippen LogP contribution in [0.5, 0.6) is 5.75 Å². The van der Waals surface area contributed by atoms with Crippen molar-refractivity contribution in [3.05, 3.63) is 24.3 Å². The number of fused-ring (bicyclic) bond motifs is 3. The Morgan fingerprint density at radius 2 is 2.04 bits per heavy atom. The maximum absolute atomic E-state index is 11.9. The first-order chi connectivity index (χ1) is 10.9. The van der Waals surface area contributed by atoms with E-state index in [2.05, 4.69) is 9.62 Å². The van der Waals surface area contributed by atoms with Crippen LogP contribution in [0.25, 0.3) is 0 Å². The summed E-state index contributed by atoms with van der Waals surface area (Å²) in [6, 6.07) is 7.61. The Morgan fingerprint density at radius 3 is 2.65 bits per heavy atom. The normalized spacial score (nSPS) is 27.2. The Bertz CT molecular complexity index is 640. The lowest BCUT2D eigenvalue weighted by molar-refractivity contribution is 0.0238. The predicted octanol–water partition coefficient (Wildman–Crippen LogP) is 1.77. The van der Waals surface area contributed by atoms with Crippen LogP contribution in [0.2, 0.25) is 0 Å². The molecule has 1 aromatic rings. The standard InChI is InChI=1S/C16H25N3O3S/c1-18(2)23(20,21)17-14-4-3-5-16(11-14)22-12-15-10-13-6-8-19(15)9-7-13/h3-5,11,13,15,17H,6-10,12H2,1-2H3. The van der Waals surface area contributed by atoms with Crippen molar-refractivity contribution in [2.75, 3.05) is 38.5 Å². The molecule has 0 aliphatic carbocycles. The van der Waals surface area contributed by atoms with Gasteiger partial charge in [0, 0.05) is 26.2 Å². The van der Waals surface area contributed by atoms with Crippen LogP contribution in [-0.2, 0) is 10.2 Å². The van der Waals surface area contributed by atoms with Gasteiger partial charge in [-0.05, 0) is 50.4 Å². The zero-order chi connectivity index (χ0) is 16.4. The molecular formula is C16H25N3O3S. The maximum Gasteiger partial charge on any atom is 0.301 e. The lowest BCUT2D eigenvalue weighted by Gasteiger charge is -2.45. The van der Waals surface area contributed by atoms with Crippen molar-refractivity contribution in [1.82, 2.24) is 9.21 Å². The van der Waals surface area contributed by atoms with Gasteiger partial charge in [-0.25, -0.2) is 0 Å². The molecule has 0 aromatic heterocycles. The van der Waals surface area contributed by atoms with Gasteiger partial charge in [-0.15, -0.1) is 0 Å². The van der Waals surface area contributed by atoms with Gasteiger partial charge in [0.2, 0.25) is 0 Å². The molecule has 3 fully saturated rings. The Kier molecular flexibility index (Phi) is 4.79. The highest BCUT2D eigenvalue weighted by atomic mass is 32.2. The number of hydrogen-bond acceptors (Lipinski definition) is 4. The largest absolute Gasteiger partial charge is 0.492 e. The molecular weight excluding hydrogens is 314 g/mol. The first-order valence-electron chi connectivity index (χ1n) is 8.11. The fourth-order valence-corrected chi connectivity index (χ4v) is 3.95. The molecule has 3 heterocycles. The quantitative estimate of drug-likeness (QED) is 0.858. The molecule has 1 unspecified atom stereocenters. The van der Waals surface area contributed by atoms with Crippen molar-refractivity contribution in [2.45, 2.75) is 25.3 Å². The van der Waals surface area contributed by atoms with Gasteiger partial charge in [0.15, 0.2) is 0 Å². The van der Waals surface area contributed by atoms with E-state index in [1.807, 2.05) is 6.07 Å². The summed E-state index contributed by atoms with van der Waals surface area (Å²) in [7, 11) is -0.500. The van der Waals surface area contributed by atoms with Crippen LogP contribution in [0.15, 0.2) is 24.3 Å². The van der Waals surface area contributed by atoms with Gasteiger partial charge in [0.05, 0.1) is 5.69 Å². The molecule has 0 saturated carbocycles. The van der Waals surface area contributed by atoms with Gasteiger partial charge < -0.3 is 4.74 Å². The minimum atomic E-state index is -3.49. The van der Waals surface area contributed by atoms with Crippen LogP contribution in [0, 0.1) is 5.92 Å². The molecule has 1 atom stereocenters. The number of hydrogen-bond donors (Lipinski definition) is 1. The molecule has 1 N–H and O–H groups in total. The zero-order valence-corrected chi connectivity index (χ0v) is 14.6. The average Bonchev–Trinajstić information content (AvgIpc) is 2.54. The maximum atomic E-state index is 11.9. The number of ether oxygens (including phenoxy) is 1. The second kappa shape index (κ2) is 6.67. The van der Waals surface area contributed by atoms with E-state index in [0.29, 0.717) is 24.1 Å². The third-order valence-electron chi connectivity index (χ3n) is 4.77. The van der Waals surface area contributed by atoms with Crippen LogP contribution in [0.3, 0.4) is 0 Å². The molecule has 1 aromatic carbocycles. The Labute approximate surface area is 138 Å². The van der Waals surface area contributed by atoms with E-state index in [1.165, 1.54) is 46.4 Å². The number of rotatable bonds is 6. The summed E-state index contributed by atoms with van der Waals surface area (Å²) < 4.78 is 33.3. The van der Waals surface area contributed by atoms with Gasteiger partial charge in [-0.3, -0.25) is 9.62 Å². The van der Waals surface area contributed by atoms with Crippen LogP contribution < -0.4 is 9.46 Å². The minimum Gasteiger partial charge on any atom is -0.492 e. The number of benzene rings is 1. The lowest BCUT2D eigenvalue weighted by Crippen LogP contribution is -2.51. The number of anilines is 1. The summed E-state index contributed by atoms with van der Waals surface area (Å²) in [5.41, 5.74) is 0.515. The third kappa shape index (κ3) is 3.97. The topological polar surface area (TPSA) is 61.9 Å². The minimum absolute atomic E-state index is 0.490. The highest BCUT2D eigenvalue weighted by Gasteiger charge is 2.33. The molecule has 2 bridgehead atoms. The van der Waals surface area contributed by atoms with Gasteiger partial charge in [-0.2, -0.15) is 12.7 Å². The van der Waals surface area contributed by atoms with E-state index in [4.69, 9.17) is 4.74 Å². The smallest absolute Gasteiger partial charge is 0.301 e. The summed E-state index contributed by atoms with van der Waals surface area (Å²) in [6.45, 7) is 3.03. The number of nitrogens with one attached hydrogen (secondary N) is 1. The van der Waals surface area contributed by atoms with Gasteiger partial charge in [0.25, 0.3) is 0 Å². The van der Waals surface area contributed by atoms with Gasteiger partial charge >= 0.3 is 10.2 Å². The van der Waals surface area contributed by atoms with Crippen LogP contribution >= 0.6 is 0 Å². The van der Waals surface area contributed by atoms with Crippen LogP contribution in [0.1, 0.15) is 19.3 Å². The highest BCUT2D eigenvalue weighted by Crippen LogP contribution is 2.32. The molecule has 4 rings (SSSR count). The monoisotopic (exact) mass is 339 g/mol. The van der Waals surface area contributed by atoms with Crippen LogP contribution in [0.4, 0.5) is 5.69 Å². The van der Waals surface area contributed by atoms with E-state index < -0.39 is 10.2 Å². The van der Waals surface area contributed by atoms with Crippen molar-refractivity contribution < 1.29 is 13.2 Å². The van der Waals surface area contributed by atoms with Crippen molar-refractivity contribution in [3.63, 3.8) is 0 Å². The third-order valence-corrected chi connectivity index (χ3v) is 6.23. The Morgan fingerprint density at radius 1 is 1.30 bits per heavy atom. The van der Waals surface area contributed by atoms with Gasteiger partial charge in [0.1, 0.15) is 12.4 Å². The average molecular weight is 339 g/mol. The fraction of sp³-hybridized carbons (Fsp3) is 0.625. The molecule has 3 aliphatic heterocycles. The van der Waals surface area contributed by atoms with Crippen molar-refractivity contribution in [1.29, 1.82) is 0 Å². The lowest BCUT2D eigenvalue weighted by atomic mass is 9.83. The van der Waals surface area contributed by atoms with Gasteiger partial charge in [-0.1, -0.05) is 6.07 Å². The van der Waals surface area contributed by atoms with E-state index in [9.17, 15) is 8.42 Å². The molecule has 0 amide bonds. The molecule has 0 spiro atoms. The van der Waals surface area contributed by atoms with Crippen molar-refractivity contribution in [2.24, 2.45) is 5.92 Å². The van der Waals surface area contributed by atoms with E-state index >= 15 is 0 Å². The van der Waals surface area contributed by atoms with E-state index in [-0.39, 0.29) is 0 Å². The number of piperidine rings is 3.